The molecule has 120 valence electrons. The first kappa shape index (κ1) is 15.4. The summed E-state index contributed by atoms with van der Waals surface area (Å²) in [5.74, 6) is 0.184. The van der Waals surface area contributed by atoms with Gasteiger partial charge in [0, 0.05) is 17.8 Å². The van der Waals surface area contributed by atoms with Crippen LogP contribution in [0.1, 0.15) is 17.4 Å². The van der Waals surface area contributed by atoms with E-state index in [4.69, 9.17) is 4.74 Å². The van der Waals surface area contributed by atoms with Gasteiger partial charge in [0.05, 0.1) is 13.2 Å². The number of morpholine rings is 1. The molecule has 1 fully saturated rings. The van der Waals surface area contributed by atoms with Crippen LogP contribution >= 0.6 is 0 Å². The van der Waals surface area contributed by atoms with Crippen LogP contribution in [0.2, 0.25) is 0 Å². The molecule has 0 saturated carbocycles. The average molecular weight is 315 g/mol. The van der Waals surface area contributed by atoms with Gasteiger partial charge in [0.1, 0.15) is 17.7 Å². The molecule has 1 aliphatic heterocycles. The maximum Gasteiger partial charge on any atom is 0.323 e. The van der Waals surface area contributed by atoms with Crippen molar-refractivity contribution in [1.82, 2.24) is 9.88 Å². The number of hydrogen-bond acceptors (Lipinski definition) is 3. The average Bonchev–Trinajstić information content (AvgIpc) is 2.55. The zero-order valence-corrected chi connectivity index (χ0v) is 12.8. The summed E-state index contributed by atoms with van der Waals surface area (Å²) in [4.78, 5) is 18.2. The second-order valence-electron chi connectivity index (χ2n) is 5.42. The molecule has 23 heavy (non-hydrogen) atoms. The molecule has 1 atom stereocenters. The number of amides is 2. The number of carbonyl (C=O) groups is 1. The third-order valence-electron chi connectivity index (χ3n) is 3.73. The van der Waals surface area contributed by atoms with E-state index in [1.165, 1.54) is 6.07 Å². The minimum Gasteiger partial charge on any atom is -0.370 e. The maximum absolute atomic E-state index is 13.9. The number of rotatable bonds is 2. The number of benzene rings is 1. The summed E-state index contributed by atoms with van der Waals surface area (Å²) in [5.41, 5.74) is 1.30. The Hall–Kier alpha value is -2.47. The minimum atomic E-state index is -0.457. The Kier molecular flexibility index (Phi) is 4.52. The maximum atomic E-state index is 13.9. The molecule has 1 aromatic carbocycles. The lowest BCUT2D eigenvalue weighted by molar-refractivity contribution is -0.0152. The Morgan fingerprint density at radius 3 is 2.91 bits per heavy atom. The number of halogens is 1. The van der Waals surface area contributed by atoms with E-state index < -0.39 is 6.10 Å². The Bertz CT molecular complexity index is 708. The van der Waals surface area contributed by atoms with Crippen LogP contribution in [0.4, 0.5) is 15.0 Å². The first-order valence-corrected chi connectivity index (χ1v) is 7.49. The fraction of sp³-hybridized carbons (Fsp3) is 0.294. The number of nitrogens with one attached hydrogen (secondary N) is 1. The number of ether oxygens (including phenoxy) is 1. The number of hydrogen-bond donors (Lipinski definition) is 1. The van der Waals surface area contributed by atoms with Gasteiger partial charge in [-0.3, -0.25) is 5.32 Å². The summed E-state index contributed by atoms with van der Waals surface area (Å²) in [5, 5.41) is 2.77. The van der Waals surface area contributed by atoms with E-state index in [2.05, 4.69) is 10.3 Å². The van der Waals surface area contributed by atoms with E-state index >= 15 is 0 Å². The van der Waals surface area contributed by atoms with Crippen LogP contribution in [0, 0.1) is 12.7 Å². The molecule has 2 aromatic rings. The molecule has 0 bridgehead atoms. The van der Waals surface area contributed by atoms with Crippen molar-refractivity contribution in [3.63, 3.8) is 0 Å². The van der Waals surface area contributed by atoms with Crippen molar-refractivity contribution < 1.29 is 13.9 Å². The summed E-state index contributed by atoms with van der Waals surface area (Å²) in [6.07, 6.45) is -0.457. The molecule has 2 heterocycles. The van der Waals surface area contributed by atoms with Crippen LogP contribution < -0.4 is 5.32 Å². The van der Waals surface area contributed by atoms with Crippen LogP contribution in [-0.2, 0) is 4.74 Å². The standard InChI is InChI=1S/C17H18FN3O2/c1-12-5-4-8-16(19-12)20-17(22)21-9-10-23-15(11-21)13-6-2-3-7-14(13)18/h2-8,15H,9-11H2,1H3,(H,19,20,22)/t15-/m0/s1. The predicted octanol–water partition coefficient (Wildman–Crippen LogP) is 3.13. The van der Waals surface area contributed by atoms with Crippen LogP contribution in [-0.4, -0.2) is 35.6 Å². The largest absolute Gasteiger partial charge is 0.370 e. The molecular weight excluding hydrogens is 297 g/mol. The van der Waals surface area contributed by atoms with Crippen molar-refractivity contribution in [2.24, 2.45) is 0 Å². The first-order chi connectivity index (χ1) is 11.1. The molecular formula is C17H18FN3O2. The third-order valence-corrected chi connectivity index (χ3v) is 3.73. The lowest BCUT2D eigenvalue weighted by Crippen LogP contribution is -2.44. The zero-order chi connectivity index (χ0) is 16.2. The van der Waals surface area contributed by atoms with Gasteiger partial charge in [-0.25, -0.2) is 14.2 Å². The Morgan fingerprint density at radius 1 is 1.30 bits per heavy atom. The molecule has 0 radical (unpaired) electrons. The van der Waals surface area contributed by atoms with E-state index in [9.17, 15) is 9.18 Å². The van der Waals surface area contributed by atoms with Crippen LogP contribution in [0.3, 0.4) is 0 Å². The highest BCUT2D eigenvalue weighted by molar-refractivity contribution is 5.88. The van der Waals surface area contributed by atoms with Crippen molar-refractivity contribution in [2.45, 2.75) is 13.0 Å². The van der Waals surface area contributed by atoms with Crippen molar-refractivity contribution in [1.29, 1.82) is 0 Å². The van der Waals surface area contributed by atoms with Crippen LogP contribution in [0.15, 0.2) is 42.5 Å². The van der Waals surface area contributed by atoms with Gasteiger partial charge >= 0.3 is 6.03 Å². The Morgan fingerprint density at radius 2 is 2.13 bits per heavy atom. The SMILES string of the molecule is Cc1cccc(NC(=O)N2CCO[C@H](c3ccccc3F)C2)n1. The van der Waals surface area contributed by atoms with E-state index in [1.54, 1.807) is 29.2 Å². The third kappa shape index (κ3) is 3.65. The van der Waals surface area contributed by atoms with Crippen molar-refractivity contribution >= 4 is 11.8 Å². The lowest BCUT2D eigenvalue weighted by Gasteiger charge is -2.33. The fourth-order valence-corrected chi connectivity index (χ4v) is 2.56. The van der Waals surface area contributed by atoms with E-state index in [1.807, 2.05) is 19.1 Å². The van der Waals surface area contributed by atoms with Crippen LogP contribution in [0.5, 0.6) is 0 Å². The molecule has 0 spiro atoms. The number of aryl methyl sites for hydroxylation is 1. The Balaban J connectivity index is 1.68. The van der Waals surface area contributed by atoms with Gasteiger partial charge < -0.3 is 9.64 Å². The summed E-state index contributed by atoms with van der Waals surface area (Å²) >= 11 is 0. The molecule has 6 heteroatoms. The van der Waals surface area contributed by atoms with E-state index in [-0.39, 0.29) is 11.8 Å². The lowest BCUT2D eigenvalue weighted by atomic mass is 10.1. The summed E-state index contributed by atoms with van der Waals surface area (Å²) in [6, 6.07) is 11.6. The highest BCUT2D eigenvalue weighted by atomic mass is 19.1. The second kappa shape index (κ2) is 6.75. The molecule has 0 unspecified atom stereocenters. The van der Waals surface area contributed by atoms with Gasteiger partial charge in [0.25, 0.3) is 0 Å². The van der Waals surface area contributed by atoms with Crippen molar-refractivity contribution in [3.05, 3.63) is 59.5 Å². The summed E-state index contributed by atoms with van der Waals surface area (Å²) in [6.45, 7) is 2.99. The van der Waals surface area contributed by atoms with Gasteiger partial charge in [0.15, 0.2) is 0 Å². The smallest absolute Gasteiger partial charge is 0.323 e. The van der Waals surface area contributed by atoms with Crippen molar-refractivity contribution in [2.75, 3.05) is 25.0 Å². The molecule has 1 N–H and O–H groups in total. The van der Waals surface area contributed by atoms with Gasteiger partial charge in [0.2, 0.25) is 0 Å². The first-order valence-electron chi connectivity index (χ1n) is 7.49. The van der Waals surface area contributed by atoms with E-state index in [0.29, 0.717) is 31.1 Å². The number of urea groups is 1. The number of nitrogens with zero attached hydrogens (tertiary/aromatic N) is 2. The Labute approximate surface area is 134 Å². The van der Waals surface area contributed by atoms with E-state index in [0.717, 1.165) is 5.69 Å². The summed E-state index contributed by atoms with van der Waals surface area (Å²) < 4.78 is 19.5. The monoisotopic (exact) mass is 315 g/mol. The number of pyridine rings is 1. The van der Waals surface area contributed by atoms with Gasteiger partial charge in [-0.2, -0.15) is 0 Å². The quantitative estimate of drug-likeness (QED) is 0.926. The normalized spacial score (nSPS) is 17.8. The number of carbonyl (C=O) groups excluding carboxylic acids is 1. The fourth-order valence-electron chi connectivity index (χ4n) is 2.56. The predicted molar refractivity (Wildman–Crippen MR) is 84.7 cm³/mol. The van der Waals surface area contributed by atoms with Gasteiger partial charge in [-0.1, -0.05) is 24.3 Å². The molecule has 1 saturated heterocycles. The molecule has 3 rings (SSSR count). The molecule has 1 aromatic heterocycles. The molecule has 1 aliphatic rings. The molecule has 5 nitrogen and oxygen atoms in total. The highest BCUT2D eigenvalue weighted by Crippen LogP contribution is 2.24. The van der Waals surface area contributed by atoms with Crippen molar-refractivity contribution in [3.8, 4) is 0 Å². The number of aromatic nitrogens is 1. The number of anilines is 1. The summed E-state index contributed by atoms with van der Waals surface area (Å²) in [7, 11) is 0. The van der Waals surface area contributed by atoms with Crippen LogP contribution in [0.25, 0.3) is 0 Å². The van der Waals surface area contributed by atoms with Gasteiger partial charge in [-0.15, -0.1) is 0 Å². The topological polar surface area (TPSA) is 54.5 Å². The molecule has 0 aliphatic carbocycles. The van der Waals surface area contributed by atoms with Gasteiger partial charge in [-0.05, 0) is 25.1 Å². The second-order valence-corrected chi connectivity index (χ2v) is 5.42. The zero-order valence-electron chi connectivity index (χ0n) is 12.8. The molecule has 2 amide bonds. The minimum absolute atomic E-state index is 0.257. The highest BCUT2D eigenvalue weighted by Gasteiger charge is 2.27.